The Bertz CT molecular complexity index is 2280. The number of pyridine rings is 1. The van der Waals surface area contributed by atoms with Gasteiger partial charge in [-0.2, -0.15) is 11.3 Å². The van der Waals surface area contributed by atoms with Crippen molar-refractivity contribution in [3.05, 3.63) is 128 Å². The Kier molecular flexibility index (Phi) is 9.09. The van der Waals surface area contributed by atoms with Crippen molar-refractivity contribution >= 4 is 66.6 Å². The van der Waals surface area contributed by atoms with E-state index in [9.17, 15) is 0 Å². The number of fused-ring (bicyclic) bond motifs is 6. The van der Waals surface area contributed by atoms with E-state index in [4.69, 9.17) is 4.98 Å². The molecule has 0 saturated heterocycles. The molecule has 3 aromatic heterocycles. The van der Waals surface area contributed by atoms with Crippen molar-refractivity contribution < 1.29 is 20.1 Å². The van der Waals surface area contributed by atoms with Crippen LogP contribution in [0, 0.1) is 12.1 Å². The fourth-order valence-electron chi connectivity index (χ4n) is 5.93. The molecule has 8 rings (SSSR count). The molecule has 3 heterocycles. The molecular weight excluding hydrogens is 775 g/mol. The Morgan fingerprint density at radius 3 is 2.22 bits per heavy atom. The van der Waals surface area contributed by atoms with Gasteiger partial charge in [0.25, 0.3) is 0 Å². The average molecular weight is 810 g/mol. The maximum absolute atomic E-state index is 5.19. The molecule has 0 bridgehead atoms. The van der Waals surface area contributed by atoms with E-state index in [-0.39, 0.29) is 20.1 Å². The minimum atomic E-state index is -1.23. The molecule has 1 radical (unpaired) electrons. The van der Waals surface area contributed by atoms with Crippen molar-refractivity contribution in [3.63, 3.8) is 0 Å². The molecule has 231 valence electrons. The molecule has 0 aliphatic carbocycles. The Morgan fingerprint density at radius 2 is 1.50 bits per heavy atom. The van der Waals surface area contributed by atoms with Crippen LogP contribution in [0.15, 0.2) is 115 Å². The molecule has 0 aliphatic heterocycles. The molecule has 0 fully saturated rings. The van der Waals surface area contributed by atoms with E-state index in [2.05, 4.69) is 134 Å². The van der Waals surface area contributed by atoms with Gasteiger partial charge in [-0.15, -0.1) is 54.1 Å². The summed E-state index contributed by atoms with van der Waals surface area (Å²) in [5, 5.41) is 6.41. The molecule has 3 nitrogen and oxygen atoms in total. The number of nitrogens with zero attached hydrogens (tertiary/aromatic N) is 3. The van der Waals surface area contributed by atoms with Crippen molar-refractivity contribution in [3.8, 4) is 22.6 Å². The minimum Gasteiger partial charge on any atom is -0.362 e. The molecule has 8 aromatic rings. The third-order valence-electron chi connectivity index (χ3n) is 8.28. The van der Waals surface area contributed by atoms with Crippen LogP contribution < -0.4 is 5.19 Å². The van der Waals surface area contributed by atoms with Crippen LogP contribution in [0.3, 0.4) is 0 Å². The quantitative estimate of drug-likeness (QED) is 0.131. The monoisotopic (exact) mass is 810 g/mol. The third kappa shape index (κ3) is 5.99. The minimum absolute atomic E-state index is 0. The third-order valence-corrected chi connectivity index (χ3v) is 11.5. The van der Waals surface area contributed by atoms with E-state index in [1.54, 1.807) is 0 Å². The Morgan fingerprint density at radius 1 is 0.739 bits per heavy atom. The Labute approximate surface area is 289 Å². The van der Waals surface area contributed by atoms with Crippen LogP contribution in [0.4, 0.5) is 0 Å². The first-order valence-electron chi connectivity index (χ1n) is 15.5. The summed E-state index contributed by atoms with van der Waals surface area (Å²) in [6.45, 7) is 11.4. The van der Waals surface area contributed by atoms with Gasteiger partial charge in [0.15, 0.2) is 0 Å². The number of hydrogen-bond donors (Lipinski definition) is 0. The van der Waals surface area contributed by atoms with Crippen molar-refractivity contribution in [2.45, 2.75) is 39.5 Å². The topological polar surface area (TPSA) is 30.7 Å². The molecule has 0 N–H and O–H groups in total. The van der Waals surface area contributed by atoms with E-state index < -0.39 is 8.07 Å². The average Bonchev–Trinajstić information content (AvgIpc) is 3.65. The normalized spacial score (nSPS) is 11.6. The maximum atomic E-state index is 5.19. The van der Waals surface area contributed by atoms with Crippen LogP contribution in [0.25, 0.3) is 64.6 Å². The van der Waals surface area contributed by atoms with E-state index in [0.717, 1.165) is 28.2 Å². The van der Waals surface area contributed by atoms with Crippen LogP contribution in [-0.2, 0) is 20.1 Å². The van der Waals surface area contributed by atoms with Crippen LogP contribution in [-0.4, -0.2) is 22.6 Å². The number of rotatable bonds is 4. The molecule has 0 spiro atoms. The van der Waals surface area contributed by atoms with Gasteiger partial charge in [0, 0.05) is 42.4 Å². The fraction of sp³-hybridized carbons (Fsp3) is 0.150. The van der Waals surface area contributed by atoms with Gasteiger partial charge in [-0.05, 0) is 52.3 Å². The largest absolute Gasteiger partial charge is 0.362 e. The number of benzene rings is 5. The summed E-state index contributed by atoms with van der Waals surface area (Å²) in [7, 11) is -1.23. The second-order valence-corrected chi connectivity index (χ2v) is 18.8. The van der Waals surface area contributed by atoms with Gasteiger partial charge < -0.3 is 9.55 Å². The van der Waals surface area contributed by atoms with E-state index in [1.807, 2.05) is 47.9 Å². The predicted molar refractivity (Wildman–Crippen MR) is 196 cm³/mol. The summed E-state index contributed by atoms with van der Waals surface area (Å²) in [5.41, 5.74) is 5.41. The van der Waals surface area contributed by atoms with Gasteiger partial charge in [0.1, 0.15) is 0 Å². The van der Waals surface area contributed by atoms with Gasteiger partial charge in [-0.1, -0.05) is 91.3 Å². The van der Waals surface area contributed by atoms with Crippen LogP contribution in [0.5, 0.6) is 0 Å². The SMILES string of the molecule is CC(C)n1c(-c2[c-]ccc3c2sc2ccccc23)nc2c3ccccc3ccc21.C[Si](C)(C)c1ccc(-c2[c-]cccc2)nc1.[Ir]. The molecule has 0 atom stereocenters. The van der Waals surface area contributed by atoms with Crippen LogP contribution in [0.1, 0.15) is 19.9 Å². The zero-order valence-corrected chi connectivity index (χ0v) is 30.8. The first kappa shape index (κ1) is 32.0. The summed E-state index contributed by atoms with van der Waals surface area (Å²) in [5.74, 6) is 1.00. The second-order valence-electron chi connectivity index (χ2n) is 12.7. The predicted octanol–water partition coefficient (Wildman–Crippen LogP) is 10.7. The Balaban J connectivity index is 0.000000187. The van der Waals surface area contributed by atoms with Gasteiger partial charge in [-0.3, -0.25) is 4.98 Å². The number of aromatic nitrogens is 3. The summed E-state index contributed by atoms with van der Waals surface area (Å²) < 4.78 is 4.92. The standard InChI is InChI=1S/C26H19N2S.C14H16NSi.Ir/c1-16(2)28-22-15-14-17-8-3-4-9-18(17)24(22)27-26(28)21-12-7-11-20-19-10-5-6-13-23(19)29-25(20)21;1-16(2,3)13-9-10-14(15-11-13)12-7-5-4-6-8-12;/h3-11,13-16H,1-2H3;4-7,9-11H,1-3H3;/q2*-1;. The number of hydrogen-bond acceptors (Lipinski definition) is 3. The second kappa shape index (κ2) is 13.1. The summed E-state index contributed by atoms with van der Waals surface area (Å²) in [4.78, 5) is 9.71. The molecular formula is C40H35IrN3SSi-2. The van der Waals surface area contributed by atoms with Gasteiger partial charge in [-0.25, -0.2) is 0 Å². The van der Waals surface area contributed by atoms with Crippen LogP contribution >= 0.6 is 11.3 Å². The molecule has 46 heavy (non-hydrogen) atoms. The number of thiophene rings is 1. The van der Waals surface area contributed by atoms with E-state index in [0.29, 0.717) is 6.04 Å². The zero-order chi connectivity index (χ0) is 31.1. The molecule has 5 aromatic carbocycles. The summed E-state index contributed by atoms with van der Waals surface area (Å²) in [6, 6.07) is 45.0. The van der Waals surface area contributed by atoms with E-state index >= 15 is 0 Å². The van der Waals surface area contributed by atoms with Gasteiger partial charge >= 0.3 is 0 Å². The Hall–Kier alpha value is -3.93. The fourth-order valence-corrected chi connectivity index (χ4v) is 8.16. The summed E-state index contributed by atoms with van der Waals surface area (Å²) >= 11 is 1.83. The van der Waals surface area contributed by atoms with Gasteiger partial charge in [0.05, 0.1) is 24.9 Å². The van der Waals surface area contributed by atoms with Crippen LogP contribution in [0.2, 0.25) is 19.6 Å². The van der Waals surface area contributed by atoms with Gasteiger partial charge in [0.2, 0.25) is 0 Å². The van der Waals surface area contributed by atoms with Crippen molar-refractivity contribution in [1.82, 2.24) is 14.5 Å². The van der Waals surface area contributed by atoms with Crippen molar-refractivity contribution in [2.75, 3.05) is 0 Å². The first-order valence-corrected chi connectivity index (χ1v) is 19.8. The van der Waals surface area contributed by atoms with E-state index in [1.165, 1.54) is 41.6 Å². The molecule has 0 saturated carbocycles. The van der Waals surface area contributed by atoms with Crippen molar-refractivity contribution in [2.24, 2.45) is 0 Å². The maximum Gasteiger partial charge on any atom is 0.0849 e. The summed E-state index contributed by atoms with van der Waals surface area (Å²) in [6.07, 6.45) is 2.02. The number of imidazole rings is 1. The molecule has 0 unspecified atom stereocenters. The first-order chi connectivity index (χ1) is 21.8. The molecule has 0 aliphatic rings. The zero-order valence-electron chi connectivity index (χ0n) is 26.6. The van der Waals surface area contributed by atoms with Crippen molar-refractivity contribution in [1.29, 1.82) is 0 Å². The molecule has 6 heteroatoms. The molecule has 0 amide bonds. The smallest absolute Gasteiger partial charge is 0.0849 e.